The van der Waals surface area contributed by atoms with Crippen molar-refractivity contribution in [1.82, 2.24) is 9.13 Å². The summed E-state index contributed by atoms with van der Waals surface area (Å²) in [6.07, 6.45) is 18.4. The molecule has 0 aliphatic rings. The molecule has 0 aliphatic heterocycles. The molecule has 7 aromatic rings. The Kier molecular flexibility index (Phi) is 10.7. The van der Waals surface area contributed by atoms with Crippen LogP contribution >= 0.6 is 0 Å². The van der Waals surface area contributed by atoms with Crippen LogP contribution in [0.3, 0.4) is 0 Å². The smallest absolute Gasteiger partial charge is 0.0548 e. The fourth-order valence-corrected chi connectivity index (χ4v) is 8.16. The van der Waals surface area contributed by atoms with Gasteiger partial charge in [-0.05, 0) is 111 Å². The van der Waals surface area contributed by atoms with E-state index in [0.29, 0.717) is 0 Å². The van der Waals surface area contributed by atoms with Crippen LogP contribution in [0.15, 0.2) is 97.1 Å². The number of rotatable bonds is 16. The van der Waals surface area contributed by atoms with Gasteiger partial charge in [0.15, 0.2) is 0 Å². The zero-order valence-electron chi connectivity index (χ0n) is 31.0. The number of aromatic nitrogens is 2. The van der Waals surface area contributed by atoms with Crippen LogP contribution in [0, 0.1) is 13.8 Å². The predicted molar refractivity (Wildman–Crippen MR) is 219 cm³/mol. The Morgan fingerprint density at radius 3 is 1.12 bits per heavy atom. The lowest BCUT2D eigenvalue weighted by molar-refractivity contribution is 0.607. The van der Waals surface area contributed by atoms with E-state index in [1.54, 1.807) is 0 Å². The molecule has 0 spiro atoms. The van der Waals surface area contributed by atoms with Crippen LogP contribution in [0.2, 0.25) is 0 Å². The van der Waals surface area contributed by atoms with Crippen LogP contribution in [0.1, 0.15) is 113 Å². The molecule has 2 nitrogen and oxygen atoms in total. The Hall–Kier alpha value is -4.30. The Bertz CT molecular complexity index is 2030. The van der Waals surface area contributed by atoms with Crippen molar-refractivity contribution >= 4 is 43.6 Å². The van der Waals surface area contributed by atoms with E-state index in [0.717, 1.165) is 12.8 Å². The fourth-order valence-electron chi connectivity index (χ4n) is 8.16. The highest BCUT2D eigenvalue weighted by atomic mass is 15.0. The molecular weight excluding hydrogens is 605 g/mol. The van der Waals surface area contributed by atoms with Gasteiger partial charge in [0.1, 0.15) is 0 Å². The summed E-state index contributed by atoms with van der Waals surface area (Å²) >= 11 is 0. The van der Waals surface area contributed by atoms with E-state index in [2.05, 4.69) is 134 Å². The number of unbranched alkanes of at least 4 members (excludes halogenated alkanes) is 10. The van der Waals surface area contributed by atoms with Crippen molar-refractivity contribution in [3.63, 3.8) is 0 Å². The van der Waals surface area contributed by atoms with Crippen molar-refractivity contribution in [2.24, 2.45) is 0 Å². The molecule has 0 saturated heterocycles. The molecule has 7 rings (SSSR count). The van der Waals surface area contributed by atoms with Gasteiger partial charge in [-0.15, -0.1) is 0 Å². The normalized spacial score (nSPS) is 11.9. The SMILES string of the molecule is CCCCCCCCc1ccc(-n2c3ccc(C)cc3c3cc4c(cc32)c2cc(C)ccc2n4-c2ccc(CCCCCCCC)cc2)cc1. The zero-order valence-corrected chi connectivity index (χ0v) is 31.0. The topological polar surface area (TPSA) is 9.86 Å². The summed E-state index contributed by atoms with van der Waals surface area (Å²) in [6.45, 7) is 9.01. The monoisotopic (exact) mass is 660 g/mol. The quantitative estimate of drug-likeness (QED) is 0.0913. The van der Waals surface area contributed by atoms with Gasteiger partial charge in [0.2, 0.25) is 0 Å². The van der Waals surface area contributed by atoms with Crippen molar-refractivity contribution in [2.75, 3.05) is 0 Å². The van der Waals surface area contributed by atoms with Gasteiger partial charge in [-0.3, -0.25) is 0 Å². The summed E-state index contributed by atoms with van der Waals surface area (Å²) in [5, 5.41) is 5.27. The van der Waals surface area contributed by atoms with E-state index in [1.807, 2.05) is 0 Å². The zero-order chi connectivity index (χ0) is 34.5. The first-order valence-corrected chi connectivity index (χ1v) is 19.7. The third-order valence-corrected chi connectivity index (χ3v) is 11.0. The molecular formula is C48H56N2. The fraction of sp³-hybridized carbons (Fsp3) is 0.375. The molecule has 2 heteroatoms. The molecule has 0 atom stereocenters. The second-order valence-corrected chi connectivity index (χ2v) is 15.0. The van der Waals surface area contributed by atoms with Gasteiger partial charge in [-0.2, -0.15) is 0 Å². The molecule has 0 saturated carbocycles. The average Bonchev–Trinajstić information content (AvgIpc) is 3.62. The molecule has 2 heterocycles. The number of benzene rings is 5. The molecule has 2 aromatic heterocycles. The summed E-state index contributed by atoms with van der Waals surface area (Å²) < 4.78 is 4.99. The van der Waals surface area contributed by atoms with Gasteiger partial charge in [-0.1, -0.05) is 126 Å². The Labute approximate surface area is 300 Å². The molecule has 50 heavy (non-hydrogen) atoms. The van der Waals surface area contributed by atoms with E-state index in [-0.39, 0.29) is 0 Å². The van der Waals surface area contributed by atoms with Crippen molar-refractivity contribution in [1.29, 1.82) is 0 Å². The van der Waals surface area contributed by atoms with E-state index >= 15 is 0 Å². The Balaban J connectivity index is 1.27. The number of aryl methyl sites for hydroxylation is 4. The van der Waals surface area contributed by atoms with Crippen LogP contribution in [0.4, 0.5) is 0 Å². The maximum Gasteiger partial charge on any atom is 0.0548 e. The standard InChI is InChI=1S/C48H56N2/c1-5-7-9-11-13-15-17-37-21-25-39(26-22-37)49-45-29-19-35(3)31-41(45)43-34-48-44(33-47(43)49)42-32-36(4)20-30-46(42)50(48)40-27-23-38(24-28-40)18-16-14-12-10-8-6-2/h19-34H,5-18H2,1-4H3. The highest BCUT2D eigenvalue weighted by Gasteiger charge is 2.19. The van der Waals surface area contributed by atoms with E-state index in [9.17, 15) is 0 Å². The average molecular weight is 661 g/mol. The van der Waals surface area contributed by atoms with E-state index in [4.69, 9.17) is 0 Å². The molecule has 258 valence electrons. The highest BCUT2D eigenvalue weighted by molar-refractivity contribution is 6.19. The van der Waals surface area contributed by atoms with Gasteiger partial charge < -0.3 is 9.13 Å². The minimum atomic E-state index is 1.16. The third kappa shape index (κ3) is 7.13. The largest absolute Gasteiger partial charge is 0.309 e. The first-order valence-electron chi connectivity index (χ1n) is 19.7. The third-order valence-electron chi connectivity index (χ3n) is 11.0. The molecule has 0 unspecified atom stereocenters. The number of nitrogens with zero attached hydrogens (tertiary/aromatic N) is 2. The van der Waals surface area contributed by atoms with Gasteiger partial charge in [0.05, 0.1) is 22.1 Å². The number of fused-ring (bicyclic) bond motifs is 6. The van der Waals surface area contributed by atoms with Crippen molar-refractivity contribution in [3.05, 3.63) is 119 Å². The van der Waals surface area contributed by atoms with Crippen LogP contribution < -0.4 is 0 Å². The lowest BCUT2D eigenvalue weighted by Gasteiger charge is -2.11. The summed E-state index contributed by atoms with van der Waals surface area (Å²) in [4.78, 5) is 0. The number of hydrogen-bond donors (Lipinski definition) is 0. The summed E-state index contributed by atoms with van der Waals surface area (Å²) in [6, 6.07) is 37.6. The summed E-state index contributed by atoms with van der Waals surface area (Å²) in [5.41, 5.74) is 13.0. The molecule has 0 amide bonds. The van der Waals surface area contributed by atoms with Gasteiger partial charge in [0.25, 0.3) is 0 Å². The molecule has 0 bridgehead atoms. The number of hydrogen-bond acceptors (Lipinski definition) is 0. The minimum Gasteiger partial charge on any atom is -0.309 e. The maximum atomic E-state index is 2.49. The van der Waals surface area contributed by atoms with Crippen LogP contribution in [0.25, 0.3) is 55.0 Å². The molecule has 0 radical (unpaired) electrons. The highest BCUT2D eigenvalue weighted by Crippen LogP contribution is 2.40. The van der Waals surface area contributed by atoms with Crippen molar-refractivity contribution in [2.45, 2.75) is 118 Å². The molecule has 5 aromatic carbocycles. The minimum absolute atomic E-state index is 1.16. The first-order chi connectivity index (χ1) is 24.6. The van der Waals surface area contributed by atoms with Crippen LogP contribution in [-0.2, 0) is 12.8 Å². The Morgan fingerprint density at radius 2 is 0.720 bits per heavy atom. The lowest BCUT2D eigenvalue weighted by atomic mass is 10.0. The van der Waals surface area contributed by atoms with E-state index in [1.165, 1.54) is 154 Å². The molecule has 0 N–H and O–H groups in total. The van der Waals surface area contributed by atoms with E-state index < -0.39 is 0 Å². The van der Waals surface area contributed by atoms with Gasteiger partial charge in [-0.25, -0.2) is 0 Å². The predicted octanol–water partition coefficient (Wildman–Crippen LogP) is 14.3. The molecule has 0 fully saturated rings. The second kappa shape index (κ2) is 15.7. The van der Waals surface area contributed by atoms with Gasteiger partial charge >= 0.3 is 0 Å². The van der Waals surface area contributed by atoms with Crippen LogP contribution in [0.5, 0.6) is 0 Å². The summed E-state index contributed by atoms with van der Waals surface area (Å²) in [7, 11) is 0. The lowest BCUT2D eigenvalue weighted by Crippen LogP contribution is -1.96. The second-order valence-electron chi connectivity index (χ2n) is 15.0. The van der Waals surface area contributed by atoms with Gasteiger partial charge in [0, 0.05) is 32.9 Å². The summed E-state index contributed by atoms with van der Waals surface area (Å²) in [5.74, 6) is 0. The Morgan fingerprint density at radius 1 is 0.360 bits per heavy atom. The first kappa shape index (κ1) is 34.2. The van der Waals surface area contributed by atoms with Crippen molar-refractivity contribution < 1.29 is 0 Å². The molecule has 0 aliphatic carbocycles. The van der Waals surface area contributed by atoms with Crippen molar-refractivity contribution in [3.8, 4) is 11.4 Å². The maximum absolute atomic E-state index is 2.49. The van der Waals surface area contributed by atoms with Crippen LogP contribution in [-0.4, -0.2) is 9.13 Å².